The molecule has 0 aromatic heterocycles. The van der Waals surface area contributed by atoms with Gasteiger partial charge < -0.3 is 19.7 Å². The molecule has 0 bridgehead atoms. The lowest BCUT2D eigenvalue weighted by molar-refractivity contribution is -0.143. The Morgan fingerprint density at radius 3 is 1.89 bits per heavy atom. The van der Waals surface area contributed by atoms with Gasteiger partial charge in [0.1, 0.15) is 5.75 Å². The molecule has 4 aromatic carbocycles. The van der Waals surface area contributed by atoms with Crippen LogP contribution in [-0.2, 0) is 35.5 Å². The largest absolute Gasteiger partial charge is 0.491 e. The van der Waals surface area contributed by atoms with Crippen molar-refractivity contribution in [1.29, 1.82) is 0 Å². The first kappa shape index (κ1) is 34.3. The number of aryl methyl sites for hydroxylation is 3. The van der Waals surface area contributed by atoms with E-state index in [4.69, 9.17) is 9.47 Å². The fourth-order valence-corrected chi connectivity index (χ4v) is 5.50. The van der Waals surface area contributed by atoms with E-state index in [0.717, 1.165) is 50.0 Å². The number of para-hydroxylation sites is 2. The fraction of sp³-hybridized carbons (Fsp3) is 0.350. The molecule has 0 saturated carbocycles. The zero-order chi connectivity index (χ0) is 32.7. The second kappa shape index (κ2) is 17.8. The number of anilines is 2. The summed E-state index contributed by atoms with van der Waals surface area (Å²) in [6.07, 6.45) is 5.26. The molecule has 0 atom stereocenters. The molecule has 0 saturated heterocycles. The summed E-state index contributed by atoms with van der Waals surface area (Å²) in [4.78, 5) is 27.5. The highest BCUT2D eigenvalue weighted by Gasteiger charge is 2.16. The van der Waals surface area contributed by atoms with E-state index in [1.54, 1.807) is 6.92 Å². The van der Waals surface area contributed by atoms with E-state index in [0.29, 0.717) is 43.1 Å². The Bertz CT molecular complexity index is 1500. The summed E-state index contributed by atoms with van der Waals surface area (Å²) in [6, 6.07) is 31.3. The van der Waals surface area contributed by atoms with Crippen LogP contribution in [0.15, 0.2) is 91.0 Å². The van der Waals surface area contributed by atoms with Crippen LogP contribution in [0.2, 0.25) is 0 Å². The Hall–Kier alpha value is -4.58. The minimum Gasteiger partial charge on any atom is -0.491 e. The van der Waals surface area contributed by atoms with Crippen molar-refractivity contribution in [2.45, 2.75) is 79.3 Å². The van der Waals surface area contributed by atoms with Gasteiger partial charge in [0.05, 0.1) is 18.9 Å². The fourth-order valence-electron chi connectivity index (χ4n) is 5.50. The number of benzene rings is 4. The Kier molecular flexibility index (Phi) is 13.3. The highest BCUT2D eigenvalue weighted by Crippen LogP contribution is 2.28. The zero-order valence-corrected chi connectivity index (χ0v) is 27.8. The summed E-state index contributed by atoms with van der Waals surface area (Å²) in [5.41, 5.74) is 8.37. The molecular weight excluding hydrogens is 572 g/mol. The van der Waals surface area contributed by atoms with Gasteiger partial charge in [-0.25, -0.2) is 0 Å². The van der Waals surface area contributed by atoms with Gasteiger partial charge in [0.2, 0.25) is 0 Å². The van der Waals surface area contributed by atoms with Gasteiger partial charge in [0.25, 0.3) is 5.91 Å². The van der Waals surface area contributed by atoms with Crippen molar-refractivity contribution in [3.8, 4) is 5.75 Å². The average molecular weight is 621 g/mol. The molecule has 0 heterocycles. The maximum Gasteiger partial charge on any atom is 0.305 e. The monoisotopic (exact) mass is 620 g/mol. The summed E-state index contributed by atoms with van der Waals surface area (Å²) in [5.74, 6) is 0.131. The summed E-state index contributed by atoms with van der Waals surface area (Å²) in [7, 11) is 0. The van der Waals surface area contributed by atoms with Crippen LogP contribution < -0.4 is 15.0 Å². The van der Waals surface area contributed by atoms with Crippen molar-refractivity contribution in [3.05, 3.63) is 124 Å². The van der Waals surface area contributed by atoms with Gasteiger partial charge in [-0.2, -0.15) is 0 Å². The summed E-state index contributed by atoms with van der Waals surface area (Å²) in [5, 5.41) is 3.03. The highest BCUT2D eigenvalue weighted by molar-refractivity contribution is 6.06. The summed E-state index contributed by atoms with van der Waals surface area (Å²) >= 11 is 0. The third-order valence-corrected chi connectivity index (χ3v) is 7.91. The molecule has 0 radical (unpaired) electrons. The van der Waals surface area contributed by atoms with Gasteiger partial charge in [-0.15, -0.1) is 0 Å². The molecule has 1 amide bonds. The number of rotatable bonds is 17. The Balaban J connectivity index is 1.49. The average Bonchev–Trinajstić information content (AvgIpc) is 3.05. The lowest BCUT2D eigenvalue weighted by Gasteiger charge is -2.26. The first-order valence-electron chi connectivity index (χ1n) is 16.6. The number of carbonyl (C=O) groups excluding carboxylic acids is 2. The minimum atomic E-state index is -0.236. The van der Waals surface area contributed by atoms with Crippen molar-refractivity contribution >= 4 is 23.3 Å². The van der Waals surface area contributed by atoms with Crippen LogP contribution >= 0.6 is 0 Å². The highest BCUT2D eigenvalue weighted by atomic mass is 16.5. The standard InChI is InChI=1S/C40H48N2O4/c1-5-11-31-16-20-33(21-17-31)28-42(29-34-22-18-32(12-6-2)19-23-34)35-24-25-36(30(4)27-35)40(44)41-37-13-8-9-14-38(37)46-26-10-15-39(43)45-7-3/h8-9,13-14,16-25,27H,5-7,10-12,15,26,28-29H2,1-4H3,(H,41,44). The number of ether oxygens (including phenoxy) is 2. The van der Waals surface area contributed by atoms with Gasteiger partial charge in [0, 0.05) is 30.8 Å². The van der Waals surface area contributed by atoms with Crippen LogP contribution in [0, 0.1) is 6.92 Å². The van der Waals surface area contributed by atoms with Gasteiger partial charge in [-0.1, -0.05) is 87.4 Å². The molecule has 6 heteroatoms. The molecule has 0 aliphatic heterocycles. The zero-order valence-electron chi connectivity index (χ0n) is 27.8. The predicted octanol–water partition coefficient (Wildman–Crippen LogP) is 9.08. The molecule has 1 N–H and O–H groups in total. The van der Waals surface area contributed by atoms with Crippen LogP contribution in [0.5, 0.6) is 5.75 Å². The summed E-state index contributed by atoms with van der Waals surface area (Å²) in [6.45, 7) is 10.4. The number of nitrogens with zero attached hydrogens (tertiary/aromatic N) is 1. The Labute approximate surface area is 274 Å². The molecule has 6 nitrogen and oxygen atoms in total. The van der Waals surface area contributed by atoms with Gasteiger partial charge in [-0.3, -0.25) is 9.59 Å². The molecule has 4 aromatic rings. The van der Waals surface area contributed by atoms with Crippen LogP contribution in [0.4, 0.5) is 11.4 Å². The molecule has 46 heavy (non-hydrogen) atoms. The van der Waals surface area contributed by atoms with E-state index >= 15 is 0 Å². The molecule has 4 rings (SSSR count). The second-order valence-corrected chi connectivity index (χ2v) is 11.7. The minimum absolute atomic E-state index is 0.198. The van der Waals surface area contributed by atoms with E-state index in [1.807, 2.05) is 43.3 Å². The quantitative estimate of drug-likeness (QED) is 0.0942. The van der Waals surface area contributed by atoms with Gasteiger partial charge in [-0.05, 0) is 91.3 Å². The van der Waals surface area contributed by atoms with Crippen LogP contribution in [-0.4, -0.2) is 25.1 Å². The van der Waals surface area contributed by atoms with Crippen molar-refractivity contribution in [2.24, 2.45) is 0 Å². The van der Waals surface area contributed by atoms with Crippen molar-refractivity contribution in [1.82, 2.24) is 0 Å². The van der Waals surface area contributed by atoms with Crippen LogP contribution in [0.3, 0.4) is 0 Å². The third-order valence-electron chi connectivity index (χ3n) is 7.91. The van der Waals surface area contributed by atoms with E-state index < -0.39 is 0 Å². The normalized spacial score (nSPS) is 10.8. The summed E-state index contributed by atoms with van der Waals surface area (Å²) < 4.78 is 10.9. The first-order valence-corrected chi connectivity index (χ1v) is 16.6. The van der Waals surface area contributed by atoms with E-state index in [2.05, 4.69) is 78.7 Å². The van der Waals surface area contributed by atoms with Gasteiger partial charge in [0.15, 0.2) is 0 Å². The maximum atomic E-state index is 13.5. The lowest BCUT2D eigenvalue weighted by Crippen LogP contribution is -2.23. The molecular formula is C40H48N2O4. The number of hydrogen-bond acceptors (Lipinski definition) is 5. The first-order chi connectivity index (χ1) is 22.4. The predicted molar refractivity (Wildman–Crippen MR) is 188 cm³/mol. The number of carbonyl (C=O) groups is 2. The number of nitrogens with one attached hydrogen (secondary N) is 1. The lowest BCUT2D eigenvalue weighted by atomic mass is 10.0. The maximum absolute atomic E-state index is 13.5. The molecule has 0 aliphatic rings. The van der Waals surface area contributed by atoms with Crippen LogP contribution in [0.25, 0.3) is 0 Å². The molecule has 0 spiro atoms. The number of hydrogen-bond donors (Lipinski definition) is 1. The molecule has 242 valence electrons. The second-order valence-electron chi connectivity index (χ2n) is 11.7. The molecule has 0 fully saturated rings. The van der Waals surface area contributed by atoms with Crippen LogP contribution in [0.1, 0.15) is 84.6 Å². The van der Waals surface area contributed by atoms with E-state index in [1.165, 1.54) is 22.3 Å². The van der Waals surface area contributed by atoms with Crippen molar-refractivity contribution < 1.29 is 19.1 Å². The molecule has 0 unspecified atom stereocenters. The topological polar surface area (TPSA) is 67.9 Å². The van der Waals surface area contributed by atoms with Crippen molar-refractivity contribution in [3.63, 3.8) is 0 Å². The van der Waals surface area contributed by atoms with E-state index in [-0.39, 0.29) is 11.9 Å². The smallest absolute Gasteiger partial charge is 0.305 e. The SMILES string of the molecule is CCCc1ccc(CN(Cc2ccc(CCC)cc2)c2ccc(C(=O)Nc3ccccc3OCCCC(=O)OCC)c(C)c2)cc1. The number of amides is 1. The Morgan fingerprint density at radius 2 is 1.33 bits per heavy atom. The Morgan fingerprint density at radius 1 is 0.739 bits per heavy atom. The molecule has 0 aliphatic carbocycles. The van der Waals surface area contributed by atoms with Gasteiger partial charge >= 0.3 is 5.97 Å². The third kappa shape index (κ3) is 10.2. The van der Waals surface area contributed by atoms with E-state index in [9.17, 15) is 9.59 Å². The van der Waals surface area contributed by atoms with Crippen molar-refractivity contribution in [2.75, 3.05) is 23.4 Å². The number of esters is 1.